The third kappa shape index (κ3) is 4.66. The van der Waals surface area contributed by atoms with Gasteiger partial charge in [-0.2, -0.15) is 0 Å². The lowest BCUT2D eigenvalue weighted by molar-refractivity contribution is 0.146. The van der Waals surface area contributed by atoms with Crippen LogP contribution in [0.1, 0.15) is 55.3 Å². The fourth-order valence-corrected chi connectivity index (χ4v) is 6.68. The fourth-order valence-electron chi connectivity index (χ4n) is 4.57. The van der Waals surface area contributed by atoms with Crippen LogP contribution in [0.25, 0.3) is 16.6 Å². The second-order valence-electron chi connectivity index (χ2n) is 9.39. The molecule has 190 valence electrons. The largest absolute Gasteiger partial charge is 0.378 e. The van der Waals surface area contributed by atoms with Gasteiger partial charge in [-0.05, 0) is 43.9 Å². The molecule has 0 amide bonds. The summed E-state index contributed by atoms with van der Waals surface area (Å²) in [5.41, 5.74) is 1.61. The SMILES string of the molecule is C[C@@H](Nc1ccnc2c1cc(C1=CCS(=O)(=NC3CC3)CC1)c(=O)n2C)c1cccc(C(F)F)c1F. The molecule has 0 spiro atoms. The number of aromatic nitrogens is 2. The number of allylic oxidation sites excluding steroid dienone is 1. The first-order valence-corrected chi connectivity index (χ1v) is 13.7. The van der Waals surface area contributed by atoms with Crippen molar-refractivity contribution in [2.75, 3.05) is 16.8 Å². The molecule has 1 aliphatic carbocycles. The highest BCUT2D eigenvalue weighted by Crippen LogP contribution is 2.33. The molecule has 1 fully saturated rings. The molecule has 6 nitrogen and oxygen atoms in total. The Kier molecular flexibility index (Phi) is 6.40. The highest BCUT2D eigenvalue weighted by Gasteiger charge is 2.26. The molecule has 3 aromatic rings. The van der Waals surface area contributed by atoms with Gasteiger partial charge in [-0.3, -0.25) is 9.36 Å². The Morgan fingerprint density at radius 1 is 1.22 bits per heavy atom. The zero-order valence-corrected chi connectivity index (χ0v) is 20.8. The molecule has 1 aromatic carbocycles. The van der Waals surface area contributed by atoms with E-state index in [2.05, 4.69) is 14.7 Å². The van der Waals surface area contributed by atoms with Gasteiger partial charge in [0, 0.05) is 41.2 Å². The standard InChI is InChI=1S/C26H27F3N4O2S/c1-15(18-4-3-5-19(23(18)27)24(28)29)31-22-8-11-30-25-21(22)14-20(26(34)33(25)2)16-9-12-36(35,13-10-16)32-17-6-7-17/h3-5,8-9,11,14-15,17,24H,6-7,10,12-13H2,1-2H3,(H,30,31)/t15-,36?/m1/s1. The molecular weight excluding hydrogens is 489 g/mol. The summed E-state index contributed by atoms with van der Waals surface area (Å²) >= 11 is 0. The summed E-state index contributed by atoms with van der Waals surface area (Å²) in [7, 11) is -0.642. The summed E-state index contributed by atoms with van der Waals surface area (Å²) in [5, 5.41) is 3.85. The average Bonchev–Trinajstić information content (AvgIpc) is 3.65. The van der Waals surface area contributed by atoms with Crippen molar-refractivity contribution in [1.29, 1.82) is 0 Å². The zero-order valence-electron chi connectivity index (χ0n) is 20.0. The maximum absolute atomic E-state index is 14.7. The number of aryl methyl sites for hydroxylation is 1. The van der Waals surface area contributed by atoms with Gasteiger partial charge in [0.25, 0.3) is 12.0 Å². The third-order valence-electron chi connectivity index (χ3n) is 6.76. The van der Waals surface area contributed by atoms with Gasteiger partial charge in [-0.15, -0.1) is 0 Å². The van der Waals surface area contributed by atoms with Gasteiger partial charge < -0.3 is 5.32 Å². The number of alkyl halides is 2. The van der Waals surface area contributed by atoms with Gasteiger partial charge in [-0.1, -0.05) is 24.3 Å². The van der Waals surface area contributed by atoms with Crippen molar-refractivity contribution >= 4 is 32.0 Å². The molecule has 10 heteroatoms. The van der Waals surface area contributed by atoms with E-state index < -0.39 is 33.6 Å². The number of pyridine rings is 2. The number of nitrogens with zero attached hydrogens (tertiary/aromatic N) is 3. The summed E-state index contributed by atoms with van der Waals surface area (Å²) < 4.78 is 60.1. The molecule has 2 aromatic heterocycles. The number of halogens is 3. The van der Waals surface area contributed by atoms with Crippen molar-refractivity contribution in [1.82, 2.24) is 9.55 Å². The lowest BCUT2D eigenvalue weighted by atomic mass is 10.0. The molecular formula is C26H27F3N4O2S. The highest BCUT2D eigenvalue weighted by atomic mass is 32.2. The second kappa shape index (κ2) is 9.38. The van der Waals surface area contributed by atoms with Crippen molar-refractivity contribution in [3.8, 4) is 0 Å². The smallest absolute Gasteiger partial charge is 0.266 e. The number of rotatable bonds is 6. The number of hydrogen-bond donors (Lipinski definition) is 1. The van der Waals surface area contributed by atoms with Crippen LogP contribution in [0.3, 0.4) is 0 Å². The zero-order chi connectivity index (χ0) is 25.6. The molecule has 5 rings (SSSR count). The molecule has 1 N–H and O–H groups in total. The van der Waals surface area contributed by atoms with Crippen LogP contribution >= 0.6 is 0 Å². The van der Waals surface area contributed by atoms with Crippen molar-refractivity contribution in [3.63, 3.8) is 0 Å². The van der Waals surface area contributed by atoms with E-state index in [0.717, 1.165) is 24.5 Å². The van der Waals surface area contributed by atoms with E-state index in [1.807, 2.05) is 6.08 Å². The Bertz CT molecular complexity index is 1550. The Labute approximate surface area is 207 Å². The summed E-state index contributed by atoms with van der Waals surface area (Å²) in [4.78, 5) is 17.5. The van der Waals surface area contributed by atoms with Gasteiger partial charge in [-0.25, -0.2) is 26.7 Å². The van der Waals surface area contributed by atoms with Gasteiger partial charge >= 0.3 is 0 Å². The number of anilines is 1. The molecule has 1 saturated carbocycles. The van der Waals surface area contributed by atoms with Crippen molar-refractivity contribution in [2.45, 2.75) is 44.7 Å². The molecule has 0 saturated heterocycles. The molecule has 0 radical (unpaired) electrons. The predicted octanol–water partition coefficient (Wildman–Crippen LogP) is 5.60. The minimum absolute atomic E-state index is 0.118. The summed E-state index contributed by atoms with van der Waals surface area (Å²) in [6.45, 7) is 1.69. The van der Waals surface area contributed by atoms with E-state index in [0.29, 0.717) is 40.2 Å². The van der Waals surface area contributed by atoms with Gasteiger partial charge in [0.1, 0.15) is 11.5 Å². The van der Waals surface area contributed by atoms with Crippen molar-refractivity contribution in [2.24, 2.45) is 11.4 Å². The minimum atomic E-state index is -2.91. The average molecular weight is 517 g/mol. The minimum Gasteiger partial charge on any atom is -0.378 e. The van der Waals surface area contributed by atoms with E-state index in [1.165, 1.54) is 22.9 Å². The lowest BCUT2D eigenvalue weighted by Crippen LogP contribution is -2.24. The van der Waals surface area contributed by atoms with E-state index in [9.17, 15) is 22.2 Å². The van der Waals surface area contributed by atoms with Crippen LogP contribution < -0.4 is 10.9 Å². The lowest BCUT2D eigenvalue weighted by Gasteiger charge is -2.21. The third-order valence-corrected chi connectivity index (χ3v) is 8.97. The van der Waals surface area contributed by atoms with E-state index in [-0.39, 0.29) is 17.2 Å². The van der Waals surface area contributed by atoms with Crippen LogP contribution in [0.5, 0.6) is 0 Å². The van der Waals surface area contributed by atoms with Gasteiger partial charge in [0.05, 0.1) is 33.1 Å². The van der Waals surface area contributed by atoms with Crippen LogP contribution in [0.4, 0.5) is 18.9 Å². The Balaban J connectivity index is 1.52. The number of nitrogens with one attached hydrogen (secondary N) is 1. The van der Waals surface area contributed by atoms with E-state index in [1.54, 1.807) is 26.1 Å². The Morgan fingerprint density at radius 2 is 1.97 bits per heavy atom. The molecule has 36 heavy (non-hydrogen) atoms. The number of benzene rings is 1. The Hall–Kier alpha value is -3.14. The Morgan fingerprint density at radius 3 is 2.64 bits per heavy atom. The van der Waals surface area contributed by atoms with Crippen LogP contribution in [-0.2, 0) is 16.8 Å². The van der Waals surface area contributed by atoms with Crippen molar-refractivity contribution < 1.29 is 17.4 Å². The van der Waals surface area contributed by atoms with Gasteiger partial charge in [0.2, 0.25) is 0 Å². The van der Waals surface area contributed by atoms with Crippen LogP contribution in [0, 0.1) is 5.82 Å². The van der Waals surface area contributed by atoms with Crippen LogP contribution in [0.15, 0.2) is 51.8 Å². The quantitative estimate of drug-likeness (QED) is 0.463. The van der Waals surface area contributed by atoms with Gasteiger partial charge in [0.15, 0.2) is 0 Å². The first-order chi connectivity index (χ1) is 17.2. The molecule has 2 aliphatic rings. The first-order valence-electron chi connectivity index (χ1n) is 11.9. The summed E-state index contributed by atoms with van der Waals surface area (Å²) in [6.07, 6.45) is 2.97. The molecule has 2 atom stereocenters. The molecule has 1 aliphatic heterocycles. The highest BCUT2D eigenvalue weighted by molar-refractivity contribution is 7.93. The summed E-state index contributed by atoms with van der Waals surface area (Å²) in [6, 6.07) is 7.01. The van der Waals surface area contributed by atoms with Crippen LogP contribution in [0.2, 0.25) is 0 Å². The maximum atomic E-state index is 14.7. The summed E-state index contributed by atoms with van der Waals surface area (Å²) in [5.74, 6) is -0.188. The fraction of sp³-hybridized carbons (Fsp3) is 0.385. The van der Waals surface area contributed by atoms with E-state index >= 15 is 0 Å². The monoisotopic (exact) mass is 516 g/mol. The maximum Gasteiger partial charge on any atom is 0.266 e. The number of hydrogen-bond acceptors (Lipinski definition) is 5. The topological polar surface area (TPSA) is 76.3 Å². The van der Waals surface area contributed by atoms with Crippen LogP contribution in [-0.4, -0.2) is 31.3 Å². The first kappa shape index (κ1) is 24.5. The second-order valence-corrected chi connectivity index (χ2v) is 11.9. The van der Waals surface area contributed by atoms with E-state index in [4.69, 9.17) is 0 Å². The molecule has 3 heterocycles. The molecule has 0 bridgehead atoms. The number of fused-ring (bicyclic) bond motifs is 1. The normalized spacial score (nSPS) is 20.9. The molecule has 1 unspecified atom stereocenters. The van der Waals surface area contributed by atoms with Crippen molar-refractivity contribution in [3.05, 3.63) is 75.5 Å². The predicted molar refractivity (Wildman–Crippen MR) is 136 cm³/mol.